The molecule has 21 heavy (non-hydrogen) atoms. The van der Waals surface area contributed by atoms with Gasteiger partial charge in [-0.15, -0.1) is 0 Å². The van der Waals surface area contributed by atoms with Crippen molar-refractivity contribution < 1.29 is 9.18 Å². The fraction of sp³-hybridized carbons (Fsp3) is 0.0714. The highest BCUT2D eigenvalue weighted by Crippen LogP contribution is 2.19. The van der Waals surface area contributed by atoms with Crippen molar-refractivity contribution >= 4 is 22.9 Å². The van der Waals surface area contributed by atoms with Crippen LogP contribution in [0.3, 0.4) is 0 Å². The first-order valence-electron chi connectivity index (χ1n) is 6.10. The molecule has 104 valence electrons. The summed E-state index contributed by atoms with van der Waals surface area (Å²) in [7, 11) is 1.72. The van der Waals surface area contributed by atoms with Crippen molar-refractivity contribution in [3.8, 4) is 6.07 Å². The summed E-state index contributed by atoms with van der Waals surface area (Å²) in [5.41, 5.74) is 1.78. The molecule has 0 fully saturated rings. The van der Waals surface area contributed by atoms with E-state index in [0.29, 0.717) is 22.5 Å². The lowest BCUT2D eigenvalue weighted by atomic mass is 10.3. The quantitative estimate of drug-likeness (QED) is 0.755. The molecule has 3 aromatic rings. The van der Waals surface area contributed by atoms with Crippen LogP contribution in [0.25, 0.3) is 11.0 Å². The average molecular weight is 283 g/mol. The van der Waals surface area contributed by atoms with Crippen LogP contribution in [0.4, 0.5) is 10.3 Å². The zero-order valence-electron chi connectivity index (χ0n) is 11.0. The van der Waals surface area contributed by atoms with Gasteiger partial charge in [0.15, 0.2) is 0 Å². The van der Waals surface area contributed by atoms with Crippen molar-refractivity contribution in [1.82, 2.24) is 14.5 Å². The summed E-state index contributed by atoms with van der Waals surface area (Å²) in [5.74, 6) is -0.509. The molecule has 3 rings (SSSR count). The molecule has 0 radical (unpaired) electrons. The molecule has 0 atom stereocenters. The Balaban J connectivity index is 1.92. The number of imidazole rings is 1. The number of hydrogen-bond acceptors (Lipinski definition) is 3. The van der Waals surface area contributed by atoms with Crippen molar-refractivity contribution in [2.45, 2.75) is 0 Å². The van der Waals surface area contributed by atoms with Gasteiger partial charge in [0.25, 0.3) is 5.91 Å². The number of aromatic nitrogens is 3. The number of benzene rings is 1. The summed E-state index contributed by atoms with van der Waals surface area (Å²) >= 11 is 0. The van der Waals surface area contributed by atoms with Crippen molar-refractivity contribution in [2.75, 3.05) is 5.32 Å². The predicted molar refractivity (Wildman–Crippen MR) is 74.1 cm³/mol. The van der Waals surface area contributed by atoms with E-state index in [2.05, 4.69) is 15.3 Å². The minimum absolute atomic E-state index is 0.254. The van der Waals surface area contributed by atoms with Gasteiger partial charge >= 0.3 is 0 Å². The number of hydrogen-bond donors (Lipinski definition) is 2. The molecule has 7 heteroatoms. The molecule has 0 spiro atoms. The Morgan fingerprint density at radius 1 is 1.48 bits per heavy atom. The van der Waals surface area contributed by atoms with Crippen molar-refractivity contribution in [3.63, 3.8) is 0 Å². The van der Waals surface area contributed by atoms with Gasteiger partial charge < -0.3 is 9.55 Å². The third-order valence-corrected chi connectivity index (χ3v) is 3.12. The van der Waals surface area contributed by atoms with Crippen LogP contribution in [0.1, 0.15) is 16.1 Å². The van der Waals surface area contributed by atoms with Gasteiger partial charge in [0, 0.05) is 19.3 Å². The number of anilines is 1. The Morgan fingerprint density at radius 3 is 3.00 bits per heavy atom. The maximum atomic E-state index is 13.2. The third kappa shape index (κ3) is 2.23. The first kappa shape index (κ1) is 12.9. The maximum absolute atomic E-state index is 13.2. The van der Waals surface area contributed by atoms with E-state index in [-0.39, 0.29) is 11.5 Å². The first-order valence-corrected chi connectivity index (χ1v) is 6.10. The second kappa shape index (κ2) is 4.76. The minimum atomic E-state index is -0.421. The number of aryl methyl sites for hydroxylation is 1. The lowest BCUT2D eigenvalue weighted by Gasteiger charge is -2.03. The van der Waals surface area contributed by atoms with E-state index in [1.807, 2.05) is 6.07 Å². The smallest absolute Gasteiger partial charge is 0.274 e. The SMILES string of the molecule is Cn1c(NC(=O)c2cc(C#N)c[nH]2)nc2cc(F)ccc21. The number of halogens is 1. The Kier molecular flexibility index (Phi) is 2.92. The average Bonchev–Trinajstić information content (AvgIpc) is 3.05. The second-order valence-corrected chi connectivity index (χ2v) is 4.50. The summed E-state index contributed by atoms with van der Waals surface area (Å²) in [6.07, 6.45) is 1.44. The van der Waals surface area contributed by atoms with Crippen molar-refractivity contribution in [2.24, 2.45) is 7.05 Å². The topological polar surface area (TPSA) is 86.5 Å². The van der Waals surface area contributed by atoms with Crippen LogP contribution in [0, 0.1) is 17.1 Å². The number of fused-ring (bicyclic) bond motifs is 1. The summed E-state index contributed by atoms with van der Waals surface area (Å²) in [6.45, 7) is 0. The van der Waals surface area contributed by atoms with Crippen LogP contribution in [0.2, 0.25) is 0 Å². The van der Waals surface area contributed by atoms with Gasteiger partial charge in [0.1, 0.15) is 17.6 Å². The molecular weight excluding hydrogens is 273 g/mol. The Labute approximate surface area is 118 Å². The maximum Gasteiger partial charge on any atom is 0.274 e. The van der Waals surface area contributed by atoms with E-state index in [4.69, 9.17) is 5.26 Å². The van der Waals surface area contributed by atoms with Gasteiger partial charge in [-0.05, 0) is 18.2 Å². The standard InChI is InChI=1S/C14H10FN5O/c1-20-12-3-2-9(15)5-10(12)18-14(20)19-13(21)11-4-8(6-16)7-17-11/h2-5,7,17H,1H3,(H,18,19,21). The lowest BCUT2D eigenvalue weighted by molar-refractivity contribution is 0.102. The van der Waals surface area contributed by atoms with E-state index in [1.54, 1.807) is 17.7 Å². The number of H-pyrrole nitrogens is 1. The zero-order valence-corrected chi connectivity index (χ0v) is 11.0. The Bertz CT molecular complexity index is 887. The molecule has 0 saturated carbocycles. The van der Waals surface area contributed by atoms with Crippen LogP contribution in [0.5, 0.6) is 0 Å². The van der Waals surface area contributed by atoms with Crippen LogP contribution in [-0.2, 0) is 7.05 Å². The number of nitriles is 1. The molecule has 1 amide bonds. The van der Waals surface area contributed by atoms with Crippen LogP contribution in [-0.4, -0.2) is 20.4 Å². The third-order valence-electron chi connectivity index (χ3n) is 3.12. The number of nitrogens with zero attached hydrogens (tertiary/aromatic N) is 3. The lowest BCUT2D eigenvalue weighted by Crippen LogP contribution is -2.15. The molecule has 0 aliphatic heterocycles. The normalized spacial score (nSPS) is 10.5. The molecule has 0 aliphatic carbocycles. The highest BCUT2D eigenvalue weighted by atomic mass is 19.1. The number of carbonyl (C=O) groups is 1. The molecule has 0 unspecified atom stereocenters. The number of amides is 1. The van der Waals surface area contributed by atoms with Gasteiger partial charge in [-0.2, -0.15) is 5.26 Å². The molecule has 2 N–H and O–H groups in total. The highest BCUT2D eigenvalue weighted by Gasteiger charge is 2.14. The van der Waals surface area contributed by atoms with E-state index < -0.39 is 5.91 Å². The summed E-state index contributed by atoms with van der Waals surface area (Å²) < 4.78 is 14.8. The van der Waals surface area contributed by atoms with Crippen LogP contribution in [0.15, 0.2) is 30.5 Å². The van der Waals surface area contributed by atoms with E-state index >= 15 is 0 Å². The number of aromatic amines is 1. The first-order chi connectivity index (χ1) is 10.1. The largest absolute Gasteiger partial charge is 0.356 e. The second-order valence-electron chi connectivity index (χ2n) is 4.50. The predicted octanol–water partition coefficient (Wildman–Crippen LogP) is 2.16. The van der Waals surface area contributed by atoms with Gasteiger partial charge in [0.05, 0.1) is 16.6 Å². The molecular formula is C14H10FN5O. The molecule has 0 saturated heterocycles. The fourth-order valence-corrected chi connectivity index (χ4v) is 2.04. The molecule has 6 nitrogen and oxygen atoms in total. The fourth-order valence-electron chi connectivity index (χ4n) is 2.04. The van der Waals surface area contributed by atoms with E-state index in [9.17, 15) is 9.18 Å². The van der Waals surface area contributed by atoms with Gasteiger partial charge in [-0.25, -0.2) is 9.37 Å². The Hall–Kier alpha value is -3.14. The van der Waals surface area contributed by atoms with Crippen LogP contribution < -0.4 is 5.32 Å². The zero-order chi connectivity index (χ0) is 15.0. The molecule has 2 aromatic heterocycles. The van der Waals surface area contributed by atoms with Crippen molar-refractivity contribution in [3.05, 3.63) is 47.5 Å². The Morgan fingerprint density at radius 2 is 2.29 bits per heavy atom. The number of carbonyl (C=O) groups excluding carboxylic acids is 1. The summed E-state index contributed by atoms with van der Waals surface area (Å²) in [6, 6.07) is 7.60. The van der Waals surface area contributed by atoms with Gasteiger partial charge in [-0.3, -0.25) is 10.1 Å². The van der Waals surface area contributed by atoms with Gasteiger partial charge in [-0.1, -0.05) is 0 Å². The highest BCUT2D eigenvalue weighted by molar-refractivity contribution is 6.03. The van der Waals surface area contributed by atoms with Crippen LogP contribution >= 0.6 is 0 Å². The minimum Gasteiger partial charge on any atom is -0.356 e. The summed E-state index contributed by atoms with van der Waals surface area (Å²) in [5, 5.41) is 11.4. The molecule has 0 bridgehead atoms. The van der Waals surface area contributed by atoms with Gasteiger partial charge in [0.2, 0.25) is 5.95 Å². The monoisotopic (exact) mass is 283 g/mol. The molecule has 2 heterocycles. The van der Waals surface area contributed by atoms with E-state index in [1.165, 1.54) is 24.4 Å². The summed E-state index contributed by atoms with van der Waals surface area (Å²) in [4.78, 5) is 18.9. The van der Waals surface area contributed by atoms with Crippen molar-refractivity contribution in [1.29, 1.82) is 5.26 Å². The van der Waals surface area contributed by atoms with E-state index in [0.717, 1.165) is 0 Å². The molecule has 0 aliphatic rings. The number of rotatable bonds is 2. The molecule has 1 aromatic carbocycles. The number of nitrogens with one attached hydrogen (secondary N) is 2.